The van der Waals surface area contributed by atoms with E-state index in [0.717, 1.165) is 24.2 Å². The van der Waals surface area contributed by atoms with E-state index < -0.39 is 0 Å². The number of halogens is 1. The summed E-state index contributed by atoms with van der Waals surface area (Å²) in [5.41, 5.74) is 0.817. The van der Waals surface area contributed by atoms with Crippen LogP contribution in [0.25, 0.3) is 0 Å². The maximum Gasteiger partial charge on any atom is 0.221 e. The summed E-state index contributed by atoms with van der Waals surface area (Å²) in [4.78, 5) is 9.98. The first kappa shape index (κ1) is 11.9. The molecule has 1 aliphatic carbocycles. The van der Waals surface area contributed by atoms with Gasteiger partial charge in [-0.2, -0.15) is 4.98 Å². The smallest absolute Gasteiger partial charge is 0.221 e. The highest BCUT2D eigenvalue weighted by Gasteiger charge is 2.28. The van der Waals surface area contributed by atoms with Gasteiger partial charge in [0.25, 0.3) is 0 Å². The number of rotatable bonds is 4. The molecule has 0 aliphatic heterocycles. The van der Waals surface area contributed by atoms with Gasteiger partial charge in [0.1, 0.15) is 17.6 Å². The van der Waals surface area contributed by atoms with E-state index in [4.69, 9.17) is 16.3 Å². The zero-order chi connectivity index (χ0) is 12.5. The van der Waals surface area contributed by atoms with Crippen molar-refractivity contribution in [3.63, 3.8) is 0 Å². The first-order chi connectivity index (χ1) is 8.74. The van der Waals surface area contributed by atoms with E-state index >= 15 is 0 Å². The fraction of sp³-hybridized carbons (Fsp3) is 0.385. The van der Waals surface area contributed by atoms with Crippen molar-refractivity contribution < 1.29 is 4.74 Å². The van der Waals surface area contributed by atoms with Crippen LogP contribution < -0.4 is 4.74 Å². The van der Waals surface area contributed by atoms with Crippen molar-refractivity contribution in [1.82, 2.24) is 9.97 Å². The Kier molecular flexibility index (Phi) is 3.22. The topological polar surface area (TPSA) is 35.0 Å². The Labute approximate surface area is 115 Å². The molecular weight excluding hydrogens is 268 g/mol. The minimum atomic E-state index is 0.479. The number of ether oxygens (including phenoxy) is 1. The molecule has 0 atom stereocenters. The van der Waals surface area contributed by atoms with Crippen LogP contribution >= 0.6 is 22.9 Å². The maximum absolute atomic E-state index is 6.12. The van der Waals surface area contributed by atoms with Crippen molar-refractivity contribution in [2.75, 3.05) is 0 Å². The Morgan fingerprint density at radius 3 is 2.94 bits per heavy atom. The van der Waals surface area contributed by atoms with Gasteiger partial charge in [0.2, 0.25) is 5.88 Å². The zero-order valence-corrected chi connectivity index (χ0v) is 11.6. The summed E-state index contributed by atoms with van der Waals surface area (Å²) in [6.45, 7) is 2.43. The van der Waals surface area contributed by atoms with E-state index in [2.05, 4.69) is 9.97 Å². The van der Waals surface area contributed by atoms with E-state index in [-0.39, 0.29) is 0 Å². The van der Waals surface area contributed by atoms with Gasteiger partial charge in [-0.25, -0.2) is 4.98 Å². The third kappa shape index (κ3) is 2.49. The molecule has 0 unspecified atom stereocenters. The summed E-state index contributed by atoms with van der Waals surface area (Å²) < 4.78 is 5.76. The van der Waals surface area contributed by atoms with Gasteiger partial charge in [-0.3, -0.25) is 0 Å². The fourth-order valence-corrected chi connectivity index (χ4v) is 2.47. The lowest BCUT2D eigenvalue weighted by Crippen LogP contribution is -2.03. The van der Waals surface area contributed by atoms with Crippen LogP contribution in [0.2, 0.25) is 5.15 Å². The first-order valence-corrected chi connectivity index (χ1v) is 7.19. The highest BCUT2D eigenvalue weighted by molar-refractivity contribution is 7.09. The van der Waals surface area contributed by atoms with Crippen molar-refractivity contribution in [2.45, 2.75) is 32.3 Å². The molecule has 5 heteroatoms. The van der Waals surface area contributed by atoms with Gasteiger partial charge < -0.3 is 4.74 Å². The van der Waals surface area contributed by atoms with Crippen LogP contribution in [0.1, 0.15) is 35.0 Å². The van der Waals surface area contributed by atoms with Crippen LogP contribution in [0.5, 0.6) is 5.88 Å². The van der Waals surface area contributed by atoms with Crippen LogP contribution in [0.15, 0.2) is 17.5 Å². The standard InChI is InChI=1S/C13H13ClN2OS/c1-8-11(14)15-12(9-4-5-9)16-13(8)17-7-10-3-2-6-18-10/h2-3,6,9H,4-5,7H2,1H3. The van der Waals surface area contributed by atoms with E-state index in [1.54, 1.807) is 11.3 Å². The number of hydrogen-bond acceptors (Lipinski definition) is 4. The molecule has 0 spiro atoms. The van der Waals surface area contributed by atoms with Crippen molar-refractivity contribution in [1.29, 1.82) is 0 Å². The summed E-state index contributed by atoms with van der Waals surface area (Å²) >= 11 is 7.80. The Balaban J connectivity index is 1.81. The third-order valence-corrected chi connectivity index (χ3v) is 4.15. The minimum Gasteiger partial charge on any atom is -0.472 e. The normalized spacial score (nSPS) is 14.8. The molecule has 94 valence electrons. The highest BCUT2D eigenvalue weighted by Crippen LogP contribution is 2.39. The molecule has 1 saturated carbocycles. The van der Waals surface area contributed by atoms with Crippen LogP contribution in [0, 0.1) is 6.92 Å². The largest absolute Gasteiger partial charge is 0.472 e. The molecule has 3 nitrogen and oxygen atoms in total. The second kappa shape index (κ2) is 4.86. The fourth-order valence-electron chi connectivity index (χ4n) is 1.68. The molecule has 1 aliphatic rings. The van der Waals surface area contributed by atoms with Crippen LogP contribution in [-0.4, -0.2) is 9.97 Å². The average molecular weight is 281 g/mol. The molecular formula is C13H13ClN2OS. The second-order valence-corrected chi connectivity index (χ2v) is 5.84. The second-order valence-electron chi connectivity index (χ2n) is 4.45. The molecule has 3 rings (SSSR count). The number of nitrogens with zero attached hydrogens (tertiary/aromatic N) is 2. The van der Waals surface area contributed by atoms with Crippen molar-refractivity contribution in [3.8, 4) is 5.88 Å². The molecule has 2 heterocycles. The van der Waals surface area contributed by atoms with Gasteiger partial charge in [-0.1, -0.05) is 17.7 Å². The Bertz CT molecular complexity index is 552. The van der Waals surface area contributed by atoms with E-state index in [9.17, 15) is 0 Å². The summed E-state index contributed by atoms with van der Waals surface area (Å²) in [6, 6.07) is 4.06. The number of aromatic nitrogens is 2. The SMILES string of the molecule is Cc1c(Cl)nc(C2CC2)nc1OCc1cccs1. The van der Waals surface area contributed by atoms with Crippen molar-refractivity contribution >= 4 is 22.9 Å². The van der Waals surface area contributed by atoms with Crippen LogP contribution in [-0.2, 0) is 6.61 Å². The lowest BCUT2D eigenvalue weighted by Gasteiger charge is -2.09. The first-order valence-electron chi connectivity index (χ1n) is 5.93. The molecule has 0 N–H and O–H groups in total. The molecule has 0 radical (unpaired) electrons. The highest BCUT2D eigenvalue weighted by atomic mass is 35.5. The van der Waals surface area contributed by atoms with Crippen molar-refractivity contribution in [3.05, 3.63) is 38.9 Å². The van der Waals surface area contributed by atoms with E-state index in [1.165, 1.54) is 4.88 Å². The predicted octanol–water partition coefficient (Wildman–Crippen LogP) is 3.96. The molecule has 0 amide bonds. The van der Waals surface area contributed by atoms with Gasteiger partial charge in [0.15, 0.2) is 0 Å². The van der Waals surface area contributed by atoms with Crippen LogP contribution in [0.4, 0.5) is 0 Å². The summed E-state index contributed by atoms with van der Waals surface area (Å²) in [6.07, 6.45) is 2.31. The zero-order valence-electron chi connectivity index (χ0n) is 10.0. The number of hydrogen-bond donors (Lipinski definition) is 0. The Hall–Kier alpha value is -1.13. The van der Waals surface area contributed by atoms with E-state index in [1.807, 2.05) is 24.4 Å². The van der Waals surface area contributed by atoms with Gasteiger partial charge in [-0.15, -0.1) is 11.3 Å². The quantitative estimate of drug-likeness (QED) is 0.795. The molecule has 0 aromatic carbocycles. The van der Waals surface area contributed by atoms with Gasteiger partial charge in [-0.05, 0) is 31.2 Å². The third-order valence-electron chi connectivity index (χ3n) is 2.93. The van der Waals surface area contributed by atoms with Crippen molar-refractivity contribution in [2.24, 2.45) is 0 Å². The molecule has 1 fully saturated rings. The van der Waals surface area contributed by atoms with E-state index in [0.29, 0.717) is 23.6 Å². The Morgan fingerprint density at radius 1 is 1.44 bits per heavy atom. The maximum atomic E-state index is 6.12. The minimum absolute atomic E-state index is 0.479. The van der Waals surface area contributed by atoms with Crippen LogP contribution in [0.3, 0.4) is 0 Å². The lowest BCUT2D eigenvalue weighted by atomic mass is 10.3. The summed E-state index contributed by atoms with van der Waals surface area (Å²) in [5.74, 6) is 1.92. The molecule has 0 bridgehead atoms. The molecule has 2 aromatic heterocycles. The summed E-state index contributed by atoms with van der Waals surface area (Å²) in [5, 5.41) is 2.54. The Morgan fingerprint density at radius 2 is 2.28 bits per heavy atom. The summed E-state index contributed by atoms with van der Waals surface area (Å²) in [7, 11) is 0. The molecule has 2 aromatic rings. The lowest BCUT2D eigenvalue weighted by molar-refractivity contribution is 0.293. The average Bonchev–Trinajstić information content (AvgIpc) is 3.08. The number of thiophene rings is 1. The van der Waals surface area contributed by atoms with Gasteiger partial charge >= 0.3 is 0 Å². The molecule has 18 heavy (non-hydrogen) atoms. The predicted molar refractivity (Wildman–Crippen MR) is 72.4 cm³/mol. The molecule has 0 saturated heterocycles. The van der Waals surface area contributed by atoms with Gasteiger partial charge in [0, 0.05) is 16.4 Å². The monoisotopic (exact) mass is 280 g/mol. The van der Waals surface area contributed by atoms with Gasteiger partial charge in [0.05, 0.1) is 0 Å².